The average Bonchev–Trinajstić information content (AvgIpc) is 2.77. The number of ether oxygens (including phenoxy) is 1. The minimum atomic E-state index is -0.444. The van der Waals surface area contributed by atoms with E-state index in [4.69, 9.17) is 4.74 Å². The van der Waals surface area contributed by atoms with E-state index in [1.165, 1.54) is 11.3 Å². The van der Waals surface area contributed by atoms with E-state index in [9.17, 15) is 4.79 Å². The molecule has 0 spiro atoms. The highest BCUT2D eigenvalue weighted by Gasteiger charge is 2.26. The first kappa shape index (κ1) is 19.6. The van der Waals surface area contributed by atoms with Crippen molar-refractivity contribution in [2.24, 2.45) is 0 Å². The van der Waals surface area contributed by atoms with Crippen molar-refractivity contribution in [3.63, 3.8) is 0 Å². The number of hydrogen-bond acceptors (Lipinski definition) is 4. The molecule has 1 atom stereocenters. The van der Waals surface area contributed by atoms with Gasteiger partial charge in [0, 0.05) is 45.5 Å². The summed E-state index contributed by atoms with van der Waals surface area (Å²) < 4.78 is 5.53. The molecular formula is C20H33N3O2. The lowest BCUT2D eigenvalue weighted by atomic mass is 10.1. The summed E-state index contributed by atoms with van der Waals surface area (Å²) in [5, 5.41) is 3.61. The van der Waals surface area contributed by atoms with Gasteiger partial charge in [-0.1, -0.05) is 18.6 Å². The molecule has 1 aromatic carbocycles. The summed E-state index contributed by atoms with van der Waals surface area (Å²) in [7, 11) is 4.09. The first-order chi connectivity index (χ1) is 11.7. The molecule has 1 fully saturated rings. The molecule has 0 bridgehead atoms. The van der Waals surface area contributed by atoms with E-state index in [0.717, 1.165) is 32.4 Å². The molecule has 0 aromatic heterocycles. The fourth-order valence-electron chi connectivity index (χ4n) is 2.98. The Bertz CT molecular complexity index is 549. The Hall–Kier alpha value is -1.75. The number of anilines is 1. The number of hydrogen-bond donors (Lipinski definition) is 1. The zero-order valence-electron chi connectivity index (χ0n) is 16.3. The molecular weight excluding hydrogens is 314 g/mol. The Kier molecular flexibility index (Phi) is 6.71. The SMILES string of the molecule is CN(C)c1ccc(CNC2CCCCN(C(=O)OC(C)(C)C)C2)cc1. The maximum absolute atomic E-state index is 12.4. The number of carbonyl (C=O) groups is 1. The highest BCUT2D eigenvalue weighted by atomic mass is 16.6. The lowest BCUT2D eigenvalue weighted by Gasteiger charge is -2.28. The second kappa shape index (κ2) is 8.56. The molecule has 5 heteroatoms. The van der Waals surface area contributed by atoms with Crippen molar-refractivity contribution in [2.45, 2.75) is 58.2 Å². The van der Waals surface area contributed by atoms with Gasteiger partial charge in [-0.2, -0.15) is 0 Å². The number of nitrogens with zero attached hydrogens (tertiary/aromatic N) is 2. The topological polar surface area (TPSA) is 44.8 Å². The number of benzene rings is 1. The zero-order valence-corrected chi connectivity index (χ0v) is 16.3. The van der Waals surface area contributed by atoms with Crippen LogP contribution in [0.5, 0.6) is 0 Å². The first-order valence-electron chi connectivity index (χ1n) is 9.22. The van der Waals surface area contributed by atoms with Crippen LogP contribution in [0.3, 0.4) is 0 Å². The molecule has 1 aliphatic rings. The number of nitrogens with one attached hydrogen (secondary N) is 1. The largest absolute Gasteiger partial charge is 0.444 e. The van der Waals surface area contributed by atoms with Gasteiger partial charge in [0.25, 0.3) is 0 Å². The van der Waals surface area contributed by atoms with E-state index in [1.54, 1.807) is 0 Å². The normalized spacial score (nSPS) is 18.6. The van der Waals surface area contributed by atoms with Gasteiger partial charge < -0.3 is 19.9 Å². The maximum Gasteiger partial charge on any atom is 0.410 e. The zero-order chi connectivity index (χ0) is 18.4. The second-order valence-corrected chi connectivity index (χ2v) is 8.06. The molecule has 0 radical (unpaired) electrons. The van der Waals surface area contributed by atoms with Gasteiger partial charge in [-0.05, 0) is 51.3 Å². The van der Waals surface area contributed by atoms with E-state index in [0.29, 0.717) is 12.6 Å². The highest BCUT2D eigenvalue weighted by Crippen LogP contribution is 2.17. The molecule has 1 N–H and O–H groups in total. The molecule has 1 amide bonds. The lowest BCUT2D eigenvalue weighted by Crippen LogP contribution is -2.44. The van der Waals surface area contributed by atoms with Crippen LogP contribution in [0.2, 0.25) is 0 Å². The summed E-state index contributed by atoms with van der Waals surface area (Å²) in [6.07, 6.45) is 3.07. The van der Waals surface area contributed by atoms with Gasteiger partial charge in [0.05, 0.1) is 0 Å². The lowest BCUT2D eigenvalue weighted by molar-refractivity contribution is 0.0243. The van der Waals surface area contributed by atoms with E-state index in [2.05, 4.69) is 34.5 Å². The third-order valence-corrected chi connectivity index (χ3v) is 4.37. The summed E-state index contributed by atoms with van der Waals surface area (Å²) >= 11 is 0. The number of likely N-dealkylation sites (tertiary alicyclic amines) is 1. The monoisotopic (exact) mass is 347 g/mol. The van der Waals surface area contributed by atoms with Crippen LogP contribution in [0.4, 0.5) is 10.5 Å². The van der Waals surface area contributed by atoms with Crippen molar-refractivity contribution in [1.29, 1.82) is 0 Å². The van der Waals surface area contributed by atoms with Gasteiger partial charge in [-0.3, -0.25) is 0 Å². The van der Waals surface area contributed by atoms with E-state index < -0.39 is 5.60 Å². The quantitative estimate of drug-likeness (QED) is 0.903. The van der Waals surface area contributed by atoms with Gasteiger partial charge in [0.1, 0.15) is 5.60 Å². The van der Waals surface area contributed by atoms with Crippen molar-refractivity contribution in [3.05, 3.63) is 29.8 Å². The van der Waals surface area contributed by atoms with E-state index in [-0.39, 0.29) is 6.09 Å². The Balaban J connectivity index is 1.89. The van der Waals surface area contributed by atoms with Gasteiger partial charge in [-0.25, -0.2) is 4.79 Å². The van der Waals surface area contributed by atoms with Gasteiger partial charge in [0.2, 0.25) is 0 Å². The highest BCUT2D eigenvalue weighted by molar-refractivity contribution is 5.68. The van der Waals surface area contributed by atoms with Gasteiger partial charge in [0.15, 0.2) is 0 Å². The third kappa shape index (κ3) is 6.58. The fourth-order valence-corrected chi connectivity index (χ4v) is 2.98. The molecule has 1 aliphatic heterocycles. The summed E-state index contributed by atoms with van der Waals surface area (Å²) in [4.78, 5) is 16.3. The summed E-state index contributed by atoms with van der Waals surface area (Å²) in [6, 6.07) is 8.90. The van der Waals surface area contributed by atoms with Gasteiger partial charge >= 0.3 is 6.09 Å². The van der Waals surface area contributed by atoms with Crippen LogP contribution in [0.15, 0.2) is 24.3 Å². The molecule has 0 saturated carbocycles. The van der Waals surface area contributed by atoms with Crippen molar-refractivity contribution in [3.8, 4) is 0 Å². The van der Waals surface area contributed by atoms with E-state index >= 15 is 0 Å². The summed E-state index contributed by atoms with van der Waals surface area (Å²) in [6.45, 7) is 8.05. The van der Waals surface area contributed by atoms with Crippen LogP contribution in [-0.2, 0) is 11.3 Å². The summed E-state index contributed by atoms with van der Waals surface area (Å²) in [5.41, 5.74) is 2.02. The van der Waals surface area contributed by atoms with E-state index in [1.807, 2.05) is 39.8 Å². The van der Waals surface area contributed by atoms with Crippen LogP contribution in [0.25, 0.3) is 0 Å². The standard InChI is InChI=1S/C20H33N3O2/c1-20(2,3)25-19(24)23-13-7-6-8-17(15-23)21-14-16-9-11-18(12-10-16)22(4)5/h9-12,17,21H,6-8,13-15H2,1-5H3. The number of carbonyl (C=O) groups excluding carboxylic acids is 1. The molecule has 1 saturated heterocycles. The molecule has 2 rings (SSSR count). The predicted octanol–water partition coefficient (Wildman–Crippen LogP) is 3.63. The Morgan fingerprint density at radius 2 is 1.92 bits per heavy atom. The van der Waals surface area contributed by atoms with Crippen molar-refractivity contribution in [2.75, 3.05) is 32.1 Å². The molecule has 1 unspecified atom stereocenters. The van der Waals surface area contributed by atoms with Crippen LogP contribution in [0.1, 0.15) is 45.6 Å². The molecule has 25 heavy (non-hydrogen) atoms. The Morgan fingerprint density at radius 1 is 1.24 bits per heavy atom. The van der Waals surface area contributed by atoms with Crippen LogP contribution in [0, 0.1) is 0 Å². The maximum atomic E-state index is 12.4. The molecule has 0 aliphatic carbocycles. The smallest absolute Gasteiger partial charge is 0.410 e. The minimum Gasteiger partial charge on any atom is -0.444 e. The van der Waals surface area contributed by atoms with Crippen LogP contribution >= 0.6 is 0 Å². The summed E-state index contributed by atoms with van der Waals surface area (Å²) in [5.74, 6) is 0. The third-order valence-electron chi connectivity index (χ3n) is 4.37. The molecule has 1 heterocycles. The second-order valence-electron chi connectivity index (χ2n) is 8.06. The number of rotatable bonds is 4. The fraction of sp³-hybridized carbons (Fsp3) is 0.650. The number of amides is 1. The Morgan fingerprint density at radius 3 is 2.52 bits per heavy atom. The predicted molar refractivity (Wildman–Crippen MR) is 103 cm³/mol. The first-order valence-corrected chi connectivity index (χ1v) is 9.22. The minimum absolute atomic E-state index is 0.198. The Labute approximate surface area is 152 Å². The van der Waals surface area contributed by atoms with Crippen molar-refractivity contribution >= 4 is 11.8 Å². The van der Waals surface area contributed by atoms with Crippen molar-refractivity contribution in [1.82, 2.24) is 10.2 Å². The molecule has 5 nitrogen and oxygen atoms in total. The molecule has 1 aromatic rings. The average molecular weight is 348 g/mol. The van der Waals surface area contributed by atoms with Gasteiger partial charge in [-0.15, -0.1) is 0 Å². The van der Waals surface area contributed by atoms with Crippen molar-refractivity contribution < 1.29 is 9.53 Å². The van der Waals surface area contributed by atoms with Crippen LogP contribution in [-0.4, -0.2) is 49.8 Å². The molecule has 140 valence electrons. The van der Waals surface area contributed by atoms with Crippen LogP contribution < -0.4 is 10.2 Å².